The maximum atomic E-state index is 13.1. The Labute approximate surface area is 153 Å². The molecule has 26 heavy (non-hydrogen) atoms. The number of amides is 1. The fraction of sp³-hybridized carbons (Fsp3) is 0.316. The van der Waals surface area contributed by atoms with Gasteiger partial charge in [-0.15, -0.1) is 0 Å². The molecule has 0 saturated heterocycles. The highest BCUT2D eigenvalue weighted by molar-refractivity contribution is 7.89. The van der Waals surface area contributed by atoms with Gasteiger partial charge in [0.2, 0.25) is 10.0 Å². The first-order valence-corrected chi connectivity index (χ1v) is 9.78. The van der Waals surface area contributed by atoms with Gasteiger partial charge in [-0.05, 0) is 49.2 Å². The monoisotopic (exact) mass is 378 g/mol. The van der Waals surface area contributed by atoms with Gasteiger partial charge >= 0.3 is 0 Å². The second-order valence-electron chi connectivity index (χ2n) is 6.12. The molecule has 1 amide bonds. The minimum atomic E-state index is -3.65. The second-order valence-corrected chi connectivity index (χ2v) is 7.89. The average molecular weight is 378 g/mol. The number of nitrogens with zero attached hydrogens (tertiary/aromatic N) is 1. The lowest BCUT2D eigenvalue weighted by molar-refractivity contribution is 0.0741. The number of carbonyl (C=O) groups excluding carboxylic acids is 1. The first-order valence-electron chi connectivity index (χ1n) is 8.30. The standard InChI is InChI=1S/C19H23FN2O3S/c1-5-21-26(24,25)17-11-6-13(2)18(12-17)19(23)22(4)14(3)15-7-9-16(20)10-8-15/h6-12,14,21H,5H2,1-4H3. The van der Waals surface area contributed by atoms with Crippen LogP contribution in [0.15, 0.2) is 47.4 Å². The fourth-order valence-corrected chi connectivity index (χ4v) is 3.67. The largest absolute Gasteiger partial charge is 0.335 e. The summed E-state index contributed by atoms with van der Waals surface area (Å²) in [5.74, 6) is -0.639. The summed E-state index contributed by atoms with van der Waals surface area (Å²) in [5, 5.41) is 0. The molecule has 0 spiro atoms. The average Bonchev–Trinajstić information content (AvgIpc) is 2.60. The Morgan fingerprint density at radius 1 is 1.19 bits per heavy atom. The number of benzene rings is 2. The van der Waals surface area contributed by atoms with Crippen LogP contribution in [0.1, 0.15) is 41.4 Å². The number of hydrogen-bond acceptors (Lipinski definition) is 3. The Morgan fingerprint density at radius 2 is 1.81 bits per heavy atom. The molecule has 0 aliphatic rings. The van der Waals surface area contributed by atoms with Crippen LogP contribution in [0.5, 0.6) is 0 Å². The van der Waals surface area contributed by atoms with Gasteiger partial charge in [0.05, 0.1) is 10.9 Å². The number of sulfonamides is 1. The molecule has 0 aromatic heterocycles. The minimum absolute atomic E-state index is 0.0520. The highest BCUT2D eigenvalue weighted by Gasteiger charge is 2.23. The molecule has 0 heterocycles. The number of rotatable bonds is 6. The first kappa shape index (κ1) is 20.1. The summed E-state index contributed by atoms with van der Waals surface area (Å²) in [6, 6.07) is 10.1. The van der Waals surface area contributed by atoms with Gasteiger partial charge in [-0.3, -0.25) is 4.79 Å². The molecule has 1 unspecified atom stereocenters. The fourth-order valence-electron chi connectivity index (χ4n) is 2.60. The van der Waals surface area contributed by atoms with Crippen molar-refractivity contribution in [2.24, 2.45) is 0 Å². The molecule has 1 atom stereocenters. The van der Waals surface area contributed by atoms with Crippen LogP contribution in [0.25, 0.3) is 0 Å². The van der Waals surface area contributed by atoms with E-state index in [9.17, 15) is 17.6 Å². The molecule has 1 N–H and O–H groups in total. The van der Waals surface area contributed by atoms with E-state index < -0.39 is 10.0 Å². The first-order chi connectivity index (χ1) is 12.2. The third kappa shape index (κ3) is 4.28. The molecular formula is C19H23FN2O3S. The molecular weight excluding hydrogens is 355 g/mol. The highest BCUT2D eigenvalue weighted by atomic mass is 32.2. The summed E-state index contributed by atoms with van der Waals surface area (Å²) < 4.78 is 39.9. The van der Waals surface area contributed by atoms with Gasteiger partial charge in [-0.1, -0.05) is 25.1 Å². The van der Waals surface area contributed by atoms with Crippen LogP contribution in [-0.4, -0.2) is 32.8 Å². The van der Waals surface area contributed by atoms with Gasteiger partial charge in [-0.2, -0.15) is 0 Å². The van der Waals surface area contributed by atoms with Crippen LogP contribution < -0.4 is 4.72 Å². The van der Waals surface area contributed by atoms with E-state index in [-0.39, 0.29) is 29.2 Å². The smallest absolute Gasteiger partial charge is 0.254 e. The van der Waals surface area contributed by atoms with E-state index >= 15 is 0 Å². The Balaban J connectivity index is 2.34. The van der Waals surface area contributed by atoms with Gasteiger partial charge in [0.25, 0.3) is 5.91 Å². The van der Waals surface area contributed by atoms with Crippen molar-refractivity contribution in [3.63, 3.8) is 0 Å². The Hall–Kier alpha value is -2.25. The third-order valence-electron chi connectivity index (χ3n) is 4.34. The molecule has 0 bridgehead atoms. The van der Waals surface area contributed by atoms with Gasteiger partial charge in [-0.25, -0.2) is 17.5 Å². The van der Waals surface area contributed by atoms with Crippen molar-refractivity contribution in [2.45, 2.75) is 31.7 Å². The zero-order valence-electron chi connectivity index (χ0n) is 15.3. The lowest BCUT2D eigenvalue weighted by Crippen LogP contribution is -2.30. The SMILES string of the molecule is CCNS(=O)(=O)c1ccc(C)c(C(=O)N(C)C(C)c2ccc(F)cc2)c1. The van der Waals surface area contributed by atoms with Crippen LogP contribution >= 0.6 is 0 Å². The highest BCUT2D eigenvalue weighted by Crippen LogP contribution is 2.23. The molecule has 0 saturated carbocycles. The molecule has 5 nitrogen and oxygen atoms in total. The van der Waals surface area contributed by atoms with Crippen molar-refractivity contribution in [2.75, 3.05) is 13.6 Å². The maximum Gasteiger partial charge on any atom is 0.254 e. The molecule has 0 radical (unpaired) electrons. The van der Waals surface area contributed by atoms with Crippen LogP contribution in [-0.2, 0) is 10.0 Å². The summed E-state index contributed by atoms with van der Waals surface area (Å²) in [6.45, 7) is 5.55. The zero-order chi connectivity index (χ0) is 19.5. The topological polar surface area (TPSA) is 66.5 Å². The number of hydrogen-bond donors (Lipinski definition) is 1. The molecule has 7 heteroatoms. The van der Waals surface area contributed by atoms with E-state index in [4.69, 9.17) is 0 Å². The lowest BCUT2D eigenvalue weighted by Gasteiger charge is -2.26. The molecule has 0 aliphatic carbocycles. The Morgan fingerprint density at radius 3 is 2.38 bits per heavy atom. The molecule has 2 aromatic carbocycles. The van der Waals surface area contributed by atoms with Crippen molar-refractivity contribution in [1.29, 1.82) is 0 Å². The third-order valence-corrected chi connectivity index (χ3v) is 5.88. The van der Waals surface area contributed by atoms with Gasteiger partial charge in [0.15, 0.2) is 0 Å². The number of nitrogens with one attached hydrogen (secondary N) is 1. The Kier molecular flexibility index (Phi) is 6.15. The van der Waals surface area contributed by atoms with Crippen LogP contribution in [0.3, 0.4) is 0 Å². The van der Waals surface area contributed by atoms with Gasteiger partial charge in [0.1, 0.15) is 5.82 Å². The number of halogens is 1. The van der Waals surface area contributed by atoms with E-state index in [1.807, 2.05) is 6.92 Å². The van der Waals surface area contributed by atoms with E-state index in [2.05, 4.69) is 4.72 Å². The van der Waals surface area contributed by atoms with E-state index in [1.165, 1.54) is 29.2 Å². The van der Waals surface area contributed by atoms with Crippen molar-refractivity contribution in [3.8, 4) is 0 Å². The molecule has 2 rings (SSSR count). The number of aryl methyl sites for hydroxylation is 1. The summed E-state index contributed by atoms with van der Waals surface area (Å²) in [4.78, 5) is 14.5. The maximum absolute atomic E-state index is 13.1. The van der Waals surface area contributed by atoms with Crippen molar-refractivity contribution < 1.29 is 17.6 Å². The summed E-state index contributed by atoms with van der Waals surface area (Å²) in [6.07, 6.45) is 0. The lowest BCUT2D eigenvalue weighted by atomic mass is 10.0. The predicted molar refractivity (Wildman–Crippen MR) is 99.0 cm³/mol. The minimum Gasteiger partial charge on any atom is -0.335 e. The molecule has 140 valence electrons. The molecule has 2 aromatic rings. The van der Waals surface area contributed by atoms with Crippen molar-refractivity contribution in [1.82, 2.24) is 9.62 Å². The van der Waals surface area contributed by atoms with Gasteiger partial charge in [0, 0.05) is 19.2 Å². The van der Waals surface area contributed by atoms with Crippen molar-refractivity contribution >= 4 is 15.9 Å². The predicted octanol–water partition coefficient (Wildman–Crippen LogP) is 3.27. The van der Waals surface area contributed by atoms with Crippen LogP contribution in [0.2, 0.25) is 0 Å². The van der Waals surface area contributed by atoms with Gasteiger partial charge < -0.3 is 4.90 Å². The summed E-state index contributed by atoms with van der Waals surface area (Å²) in [5.41, 5.74) is 1.79. The quantitative estimate of drug-likeness (QED) is 0.839. The normalized spacial score (nSPS) is 12.7. The zero-order valence-corrected chi connectivity index (χ0v) is 16.1. The van der Waals surface area contributed by atoms with E-state index in [0.717, 1.165) is 5.56 Å². The second kappa shape index (κ2) is 7.97. The molecule has 0 aliphatic heterocycles. The Bertz CT molecular complexity index is 896. The summed E-state index contributed by atoms with van der Waals surface area (Å²) >= 11 is 0. The van der Waals surface area contributed by atoms with E-state index in [0.29, 0.717) is 11.1 Å². The van der Waals surface area contributed by atoms with Crippen molar-refractivity contribution in [3.05, 3.63) is 65.0 Å². The molecule has 0 fully saturated rings. The summed E-state index contributed by atoms with van der Waals surface area (Å²) in [7, 11) is -2.01. The van der Waals surface area contributed by atoms with Crippen LogP contribution in [0, 0.1) is 12.7 Å². The van der Waals surface area contributed by atoms with E-state index in [1.54, 1.807) is 39.1 Å². The number of carbonyl (C=O) groups is 1. The van der Waals surface area contributed by atoms with Crippen LogP contribution in [0.4, 0.5) is 4.39 Å².